The predicted octanol–water partition coefficient (Wildman–Crippen LogP) is 1.68. The summed E-state index contributed by atoms with van der Waals surface area (Å²) in [5.74, 6) is -0.548. The zero-order chi connectivity index (χ0) is 13.0. The Morgan fingerprint density at radius 2 is 1.62 bits per heavy atom. The highest BCUT2D eigenvalue weighted by molar-refractivity contribution is 7.84. The van der Waals surface area contributed by atoms with E-state index in [4.69, 9.17) is 9.47 Å². The quantitative estimate of drug-likeness (QED) is 0.731. The van der Waals surface area contributed by atoms with E-state index in [-0.39, 0.29) is 10.7 Å². The van der Waals surface area contributed by atoms with E-state index >= 15 is 0 Å². The van der Waals surface area contributed by atoms with E-state index in [0.717, 1.165) is 0 Å². The Morgan fingerprint density at radius 1 is 1.19 bits per heavy atom. The van der Waals surface area contributed by atoms with Crippen LogP contribution in [0, 0.1) is 5.92 Å². The fourth-order valence-electron chi connectivity index (χ4n) is 1.29. The van der Waals surface area contributed by atoms with Crippen LogP contribution in [0.15, 0.2) is 0 Å². The second kappa shape index (κ2) is 6.10. The van der Waals surface area contributed by atoms with Crippen molar-refractivity contribution in [3.8, 4) is 0 Å². The number of rotatable bonds is 6. The molecule has 4 nitrogen and oxygen atoms in total. The van der Waals surface area contributed by atoms with Crippen molar-refractivity contribution in [2.45, 2.75) is 45.2 Å². The summed E-state index contributed by atoms with van der Waals surface area (Å²) in [5.41, 5.74) is 0. The van der Waals surface area contributed by atoms with Gasteiger partial charge in [-0.15, -0.1) is 0 Å². The molecule has 0 saturated heterocycles. The van der Waals surface area contributed by atoms with Gasteiger partial charge in [-0.05, 0) is 20.8 Å². The zero-order valence-electron chi connectivity index (χ0n) is 11.4. The van der Waals surface area contributed by atoms with E-state index in [1.165, 1.54) is 0 Å². The van der Waals surface area contributed by atoms with Gasteiger partial charge in [-0.2, -0.15) is 0 Å². The second-order valence-corrected chi connectivity index (χ2v) is 7.13. The van der Waals surface area contributed by atoms with Gasteiger partial charge in [0.2, 0.25) is 0 Å². The Morgan fingerprint density at radius 3 is 1.88 bits per heavy atom. The number of hydrogen-bond donors (Lipinski definition) is 1. The van der Waals surface area contributed by atoms with Gasteiger partial charge >= 0.3 is 0 Å². The molecule has 98 valence electrons. The van der Waals surface area contributed by atoms with Crippen LogP contribution >= 0.6 is 0 Å². The Balaban J connectivity index is 4.51. The van der Waals surface area contributed by atoms with Gasteiger partial charge in [0.1, 0.15) is 0 Å². The molecule has 0 spiro atoms. The summed E-state index contributed by atoms with van der Waals surface area (Å²) >= 11 is 0. The van der Waals surface area contributed by atoms with Crippen LogP contribution in [-0.4, -0.2) is 35.5 Å². The largest absolute Gasteiger partial charge is 0.352 e. The average molecular weight is 251 g/mol. The van der Waals surface area contributed by atoms with E-state index in [2.05, 4.69) is 4.72 Å². The maximum atomic E-state index is 11.9. The lowest BCUT2D eigenvalue weighted by Gasteiger charge is -2.35. The highest BCUT2D eigenvalue weighted by Gasteiger charge is 2.35. The van der Waals surface area contributed by atoms with Crippen LogP contribution in [-0.2, 0) is 20.5 Å². The van der Waals surface area contributed by atoms with E-state index in [9.17, 15) is 4.21 Å². The Hall–Kier alpha value is 0.0300. The lowest BCUT2D eigenvalue weighted by atomic mass is 10.0. The van der Waals surface area contributed by atoms with Gasteiger partial charge in [0.05, 0.1) is 22.3 Å². The molecule has 0 fully saturated rings. The Labute approximate surface area is 102 Å². The average Bonchev–Trinajstić information content (AvgIpc) is 2.17. The van der Waals surface area contributed by atoms with Crippen molar-refractivity contribution in [2.75, 3.05) is 20.8 Å². The van der Waals surface area contributed by atoms with Crippen molar-refractivity contribution < 1.29 is 13.7 Å². The van der Waals surface area contributed by atoms with Crippen molar-refractivity contribution in [3.05, 3.63) is 0 Å². The van der Waals surface area contributed by atoms with Crippen LogP contribution in [0.25, 0.3) is 0 Å². The molecule has 0 radical (unpaired) electrons. The minimum Gasteiger partial charge on any atom is -0.352 e. The van der Waals surface area contributed by atoms with Crippen LogP contribution in [0.2, 0.25) is 0 Å². The van der Waals surface area contributed by atoms with Gasteiger partial charge in [-0.1, -0.05) is 13.8 Å². The van der Waals surface area contributed by atoms with Gasteiger partial charge in [0.15, 0.2) is 5.79 Å². The second-order valence-electron chi connectivity index (χ2n) is 5.08. The van der Waals surface area contributed by atoms with Crippen LogP contribution < -0.4 is 4.72 Å². The molecule has 1 atom stereocenters. The lowest BCUT2D eigenvalue weighted by molar-refractivity contribution is -0.227. The monoisotopic (exact) mass is 251 g/mol. The Bertz CT molecular complexity index is 232. The SMILES string of the molecule is COC(CN[S@](=O)C(C)(C)C)(OC)C(C)C. The first-order chi connectivity index (χ1) is 7.19. The molecular formula is C11H25NO3S. The third kappa shape index (κ3) is 4.13. The summed E-state index contributed by atoms with van der Waals surface area (Å²) in [7, 11) is 2.09. The van der Waals surface area contributed by atoms with E-state index in [0.29, 0.717) is 6.54 Å². The number of ether oxygens (including phenoxy) is 2. The first-order valence-electron chi connectivity index (χ1n) is 5.45. The normalized spacial score (nSPS) is 15.5. The molecule has 5 heteroatoms. The molecule has 0 aromatic carbocycles. The lowest BCUT2D eigenvalue weighted by Crippen LogP contribution is -2.50. The third-order valence-corrected chi connectivity index (χ3v) is 4.10. The molecule has 0 aromatic heterocycles. The molecule has 0 unspecified atom stereocenters. The minimum atomic E-state index is -1.11. The molecule has 0 saturated carbocycles. The summed E-state index contributed by atoms with van der Waals surface area (Å²) in [6.07, 6.45) is 0. The third-order valence-electron chi connectivity index (χ3n) is 2.58. The fraction of sp³-hybridized carbons (Fsp3) is 1.00. The van der Waals surface area contributed by atoms with E-state index < -0.39 is 16.8 Å². The summed E-state index contributed by atoms with van der Waals surface area (Å²) in [6.45, 7) is 10.2. The first-order valence-corrected chi connectivity index (χ1v) is 6.60. The number of methoxy groups -OCH3 is 2. The van der Waals surface area contributed by atoms with Crippen molar-refractivity contribution >= 4 is 11.0 Å². The smallest absolute Gasteiger partial charge is 0.183 e. The highest BCUT2D eigenvalue weighted by atomic mass is 32.2. The maximum absolute atomic E-state index is 11.9. The minimum absolute atomic E-state index is 0.173. The number of hydrogen-bond acceptors (Lipinski definition) is 3. The predicted molar refractivity (Wildman–Crippen MR) is 67.5 cm³/mol. The number of nitrogens with one attached hydrogen (secondary N) is 1. The van der Waals surface area contributed by atoms with Crippen LogP contribution in [0.3, 0.4) is 0 Å². The molecular weight excluding hydrogens is 226 g/mol. The topological polar surface area (TPSA) is 47.6 Å². The van der Waals surface area contributed by atoms with Crippen LogP contribution in [0.4, 0.5) is 0 Å². The van der Waals surface area contributed by atoms with Crippen molar-refractivity contribution in [2.24, 2.45) is 5.92 Å². The summed E-state index contributed by atoms with van der Waals surface area (Å²) < 4.78 is 25.3. The molecule has 0 aliphatic carbocycles. The highest BCUT2D eigenvalue weighted by Crippen LogP contribution is 2.22. The summed E-state index contributed by atoms with van der Waals surface area (Å²) in [5, 5.41) is 0. The molecule has 0 heterocycles. The van der Waals surface area contributed by atoms with Gasteiger partial charge in [-0.25, -0.2) is 8.93 Å². The Kier molecular flexibility index (Phi) is 6.11. The van der Waals surface area contributed by atoms with E-state index in [1.54, 1.807) is 14.2 Å². The standard InChI is InChI=1S/C11H25NO3S/c1-9(2)11(14-6,15-7)8-12-16(13)10(3,4)5/h9,12H,8H2,1-7H3/t16-/m1/s1. The van der Waals surface area contributed by atoms with Crippen LogP contribution in [0.1, 0.15) is 34.6 Å². The van der Waals surface area contributed by atoms with E-state index in [1.807, 2.05) is 34.6 Å². The van der Waals surface area contributed by atoms with Crippen LogP contribution in [0.5, 0.6) is 0 Å². The molecule has 1 N–H and O–H groups in total. The summed E-state index contributed by atoms with van der Waals surface area (Å²) in [4.78, 5) is 0. The maximum Gasteiger partial charge on any atom is 0.183 e. The first kappa shape index (κ1) is 16.0. The fourth-order valence-corrected chi connectivity index (χ4v) is 2.05. The molecule has 0 aliphatic rings. The van der Waals surface area contributed by atoms with Crippen molar-refractivity contribution in [1.82, 2.24) is 4.72 Å². The molecule has 16 heavy (non-hydrogen) atoms. The van der Waals surface area contributed by atoms with Crippen molar-refractivity contribution in [1.29, 1.82) is 0 Å². The molecule has 0 aliphatic heterocycles. The molecule has 0 aromatic rings. The van der Waals surface area contributed by atoms with Gasteiger partial charge in [0, 0.05) is 20.1 Å². The van der Waals surface area contributed by atoms with Gasteiger partial charge in [0.25, 0.3) is 0 Å². The zero-order valence-corrected chi connectivity index (χ0v) is 12.2. The van der Waals surface area contributed by atoms with Crippen molar-refractivity contribution in [3.63, 3.8) is 0 Å². The summed E-state index contributed by atoms with van der Waals surface area (Å²) in [6, 6.07) is 0. The van der Waals surface area contributed by atoms with Gasteiger partial charge < -0.3 is 9.47 Å². The molecule has 0 bridgehead atoms. The molecule has 0 rings (SSSR count). The van der Waals surface area contributed by atoms with Gasteiger partial charge in [-0.3, -0.25) is 0 Å². The molecule has 0 amide bonds.